The quantitative estimate of drug-likeness (QED) is 0.690. The second-order valence-corrected chi connectivity index (χ2v) is 5.57. The van der Waals surface area contributed by atoms with Crippen LogP contribution in [0.25, 0.3) is 10.8 Å². The third kappa shape index (κ3) is 3.17. The van der Waals surface area contributed by atoms with Gasteiger partial charge in [-0.25, -0.2) is 4.99 Å². The SMILES string of the molecule is CN(C)c1ccc(/C=N/c2nnc(-c3ccco3)s2)cc1. The lowest BCUT2D eigenvalue weighted by molar-refractivity contribution is 0.581. The Bertz CT molecular complexity index is 729. The van der Waals surface area contributed by atoms with Crippen molar-refractivity contribution >= 4 is 28.4 Å². The molecule has 0 aliphatic rings. The molecule has 0 atom stereocenters. The van der Waals surface area contributed by atoms with E-state index in [9.17, 15) is 0 Å². The second kappa shape index (κ2) is 5.88. The fraction of sp³-hybridized carbons (Fsp3) is 0.133. The zero-order valence-electron chi connectivity index (χ0n) is 11.7. The average Bonchev–Trinajstić information content (AvgIpc) is 3.16. The van der Waals surface area contributed by atoms with E-state index in [0.717, 1.165) is 16.3 Å². The second-order valence-electron chi connectivity index (χ2n) is 4.61. The van der Waals surface area contributed by atoms with Gasteiger partial charge < -0.3 is 9.32 Å². The molecule has 6 heteroatoms. The highest BCUT2D eigenvalue weighted by molar-refractivity contribution is 7.18. The van der Waals surface area contributed by atoms with Gasteiger partial charge in [0.1, 0.15) is 0 Å². The summed E-state index contributed by atoms with van der Waals surface area (Å²) in [6.07, 6.45) is 3.40. The first-order valence-corrected chi connectivity index (χ1v) is 7.23. The average molecular weight is 298 g/mol. The van der Waals surface area contributed by atoms with Crippen LogP contribution in [0.2, 0.25) is 0 Å². The normalized spacial score (nSPS) is 11.1. The van der Waals surface area contributed by atoms with Crippen molar-refractivity contribution < 1.29 is 4.42 Å². The van der Waals surface area contributed by atoms with Gasteiger partial charge in [-0.05, 0) is 29.8 Å². The smallest absolute Gasteiger partial charge is 0.232 e. The summed E-state index contributed by atoms with van der Waals surface area (Å²) in [6.45, 7) is 0. The Labute approximate surface area is 126 Å². The summed E-state index contributed by atoms with van der Waals surface area (Å²) in [5, 5.41) is 9.44. The van der Waals surface area contributed by atoms with Gasteiger partial charge in [-0.2, -0.15) is 0 Å². The Kier molecular flexibility index (Phi) is 3.79. The third-order valence-electron chi connectivity index (χ3n) is 2.88. The van der Waals surface area contributed by atoms with Gasteiger partial charge in [0.15, 0.2) is 10.8 Å². The monoisotopic (exact) mass is 298 g/mol. The van der Waals surface area contributed by atoms with E-state index in [0.29, 0.717) is 10.9 Å². The van der Waals surface area contributed by atoms with E-state index in [1.807, 2.05) is 38.4 Å². The molecule has 1 aromatic carbocycles. The lowest BCUT2D eigenvalue weighted by Crippen LogP contribution is -2.08. The molecule has 0 radical (unpaired) electrons. The molecule has 3 rings (SSSR count). The van der Waals surface area contributed by atoms with Crippen molar-refractivity contribution in [3.8, 4) is 10.8 Å². The van der Waals surface area contributed by atoms with Crippen LogP contribution in [0.4, 0.5) is 10.8 Å². The minimum atomic E-state index is 0.609. The zero-order chi connectivity index (χ0) is 14.7. The molecular formula is C15H14N4OS. The summed E-state index contributed by atoms with van der Waals surface area (Å²) in [5.41, 5.74) is 2.18. The summed E-state index contributed by atoms with van der Waals surface area (Å²) < 4.78 is 5.28. The lowest BCUT2D eigenvalue weighted by atomic mass is 10.2. The number of hydrogen-bond donors (Lipinski definition) is 0. The third-order valence-corrected chi connectivity index (χ3v) is 3.73. The van der Waals surface area contributed by atoms with Gasteiger partial charge in [-0.3, -0.25) is 0 Å². The molecule has 2 heterocycles. The molecule has 0 amide bonds. The lowest BCUT2D eigenvalue weighted by Gasteiger charge is -2.11. The molecule has 2 aromatic heterocycles. The van der Waals surface area contributed by atoms with Gasteiger partial charge in [-0.15, -0.1) is 10.2 Å². The van der Waals surface area contributed by atoms with Crippen LogP contribution >= 0.6 is 11.3 Å². The van der Waals surface area contributed by atoms with Crippen molar-refractivity contribution in [2.75, 3.05) is 19.0 Å². The van der Waals surface area contributed by atoms with E-state index >= 15 is 0 Å². The molecule has 21 heavy (non-hydrogen) atoms. The molecule has 0 aliphatic carbocycles. The number of anilines is 1. The largest absolute Gasteiger partial charge is 0.462 e. The predicted octanol–water partition coefficient (Wildman–Crippen LogP) is 3.61. The standard InChI is InChI=1S/C15H14N4OS/c1-19(2)12-7-5-11(6-8-12)10-16-15-18-17-14(21-15)13-4-3-9-20-13/h3-10H,1-2H3/b16-10+. The number of furan rings is 1. The molecule has 0 spiro atoms. The van der Waals surface area contributed by atoms with E-state index in [-0.39, 0.29) is 0 Å². The van der Waals surface area contributed by atoms with E-state index in [4.69, 9.17) is 4.42 Å². The number of aliphatic imine (C=N–C) groups is 1. The Balaban J connectivity index is 1.74. The van der Waals surface area contributed by atoms with E-state index in [2.05, 4.69) is 32.2 Å². The fourth-order valence-corrected chi connectivity index (χ4v) is 2.41. The highest BCUT2D eigenvalue weighted by atomic mass is 32.1. The molecule has 0 unspecified atom stereocenters. The van der Waals surface area contributed by atoms with Gasteiger partial charge in [0, 0.05) is 26.0 Å². The van der Waals surface area contributed by atoms with Crippen LogP contribution in [-0.2, 0) is 0 Å². The first-order valence-electron chi connectivity index (χ1n) is 6.41. The number of benzene rings is 1. The van der Waals surface area contributed by atoms with Gasteiger partial charge in [0.25, 0.3) is 0 Å². The molecule has 106 valence electrons. The Hall–Kier alpha value is -2.47. The first kappa shape index (κ1) is 13.5. The molecule has 5 nitrogen and oxygen atoms in total. The molecule has 3 aromatic rings. The minimum Gasteiger partial charge on any atom is -0.462 e. The molecule has 0 aliphatic heterocycles. The minimum absolute atomic E-state index is 0.609. The summed E-state index contributed by atoms with van der Waals surface area (Å²) in [6, 6.07) is 11.8. The highest BCUT2D eigenvalue weighted by Crippen LogP contribution is 2.28. The number of nitrogens with zero attached hydrogens (tertiary/aromatic N) is 4. The van der Waals surface area contributed by atoms with Crippen molar-refractivity contribution in [3.63, 3.8) is 0 Å². The Morgan fingerprint density at radius 2 is 1.95 bits per heavy atom. The van der Waals surface area contributed by atoms with Crippen LogP contribution < -0.4 is 4.90 Å². The Morgan fingerprint density at radius 3 is 2.62 bits per heavy atom. The van der Waals surface area contributed by atoms with Crippen molar-refractivity contribution in [1.29, 1.82) is 0 Å². The van der Waals surface area contributed by atoms with Crippen LogP contribution in [-0.4, -0.2) is 30.5 Å². The fourth-order valence-electron chi connectivity index (χ4n) is 1.76. The summed E-state index contributed by atoms with van der Waals surface area (Å²) in [4.78, 5) is 6.40. The van der Waals surface area contributed by atoms with E-state index < -0.39 is 0 Å². The first-order chi connectivity index (χ1) is 10.2. The van der Waals surface area contributed by atoms with Crippen molar-refractivity contribution in [2.24, 2.45) is 4.99 Å². The van der Waals surface area contributed by atoms with Crippen molar-refractivity contribution in [1.82, 2.24) is 10.2 Å². The van der Waals surface area contributed by atoms with Gasteiger partial charge >= 0.3 is 0 Å². The van der Waals surface area contributed by atoms with E-state index in [1.165, 1.54) is 11.3 Å². The summed E-state index contributed by atoms with van der Waals surface area (Å²) in [5.74, 6) is 0.712. The highest BCUT2D eigenvalue weighted by Gasteiger charge is 2.07. The maximum absolute atomic E-state index is 5.28. The number of hydrogen-bond acceptors (Lipinski definition) is 6. The molecule has 0 fully saturated rings. The Morgan fingerprint density at radius 1 is 1.14 bits per heavy atom. The summed E-state index contributed by atoms with van der Waals surface area (Å²) >= 11 is 1.40. The number of rotatable bonds is 4. The molecule has 0 N–H and O–H groups in total. The van der Waals surface area contributed by atoms with Gasteiger partial charge in [-0.1, -0.05) is 23.5 Å². The predicted molar refractivity (Wildman–Crippen MR) is 85.6 cm³/mol. The van der Waals surface area contributed by atoms with Crippen LogP contribution in [0.5, 0.6) is 0 Å². The zero-order valence-corrected chi connectivity index (χ0v) is 12.5. The molecule has 0 saturated carbocycles. The maximum Gasteiger partial charge on any atom is 0.232 e. The van der Waals surface area contributed by atoms with Crippen molar-refractivity contribution in [2.45, 2.75) is 0 Å². The van der Waals surface area contributed by atoms with Crippen LogP contribution in [0.15, 0.2) is 52.1 Å². The van der Waals surface area contributed by atoms with Crippen molar-refractivity contribution in [3.05, 3.63) is 48.2 Å². The van der Waals surface area contributed by atoms with E-state index in [1.54, 1.807) is 12.5 Å². The molecule has 0 saturated heterocycles. The molecule has 0 bridgehead atoms. The molecular weight excluding hydrogens is 284 g/mol. The van der Waals surface area contributed by atoms with Crippen LogP contribution in [0.3, 0.4) is 0 Å². The van der Waals surface area contributed by atoms with Crippen LogP contribution in [0.1, 0.15) is 5.56 Å². The summed E-state index contributed by atoms with van der Waals surface area (Å²) in [7, 11) is 4.03. The maximum atomic E-state index is 5.28. The topological polar surface area (TPSA) is 54.5 Å². The van der Waals surface area contributed by atoms with Crippen LogP contribution in [0, 0.1) is 0 Å². The van der Waals surface area contributed by atoms with Gasteiger partial charge in [0.2, 0.25) is 5.13 Å². The number of aromatic nitrogens is 2. The van der Waals surface area contributed by atoms with Gasteiger partial charge in [0.05, 0.1) is 6.26 Å².